The van der Waals surface area contributed by atoms with E-state index in [0.717, 1.165) is 68.5 Å². The Kier molecular flexibility index (Phi) is 11.8. The van der Waals surface area contributed by atoms with Crippen molar-refractivity contribution in [1.82, 2.24) is 24.8 Å². The van der Waals surface area contributed by atoms with Crippen LogP contribution in [-0.4, -0.2) is 106 Å². The van der Waals surface area contributed by atoms with Gasteiger partial charge in [0.1, 0.15) is 23.9 Å². The van der Waals surface area contributed by atoms with Crippen LogP contribution in [0, 0.1) is 13.8 Å². The van der Waals surface area contributed by atoms with Crippen LogP contribution >= 0.6 is 13.5 Å². The standard InChI is InChI=1S/C34H47N7O5.H2S/c1-22(2)40-11-13-41(14-12-40)34-37-29(15-33(38-34)36-26-18-44-19-26)30(43)7-6-27(42)17-39-10-9-28-23(3)31(8-5-25(28)16-39)45-20-32-24(4)35-21-46-32;/h5,8,15,21-22,26-27,42H,6-7,9-14,16-20H2,1-4H3,(H,36,37,38);1H2/t27-;/m0./s1. The number of ether oxygens (including phenoxy) is 2. The molecule has 0 bridgehead atoms. The summed E-state index contributed by atoms with van der Waals surface area (Å²) in [6.45, 7) is 15.6. The van der Waals surface area contributed by atoms with E-state index in [1.54, 1.807) is 6.07 Å². The molecule has 0 amide bonds. The van der Waals surface area contributed by atoms with E-state index < -0.39 is 6.10 Å². The van der Waals surface area contributed by atoms with Gasteiger partial charge in [-0.05, 0) is 63.3 Å². The highest BCUT2D eigenvalue weighted by Gasteiger charge is 2.26. The molecule has 2 aromatic heterocycles. The molecule has 6 rings (SSSR count). The van der Waals surface area contributed by atoms with Gasteiger partial charge < -0.3 is 29.2 Å². The van der Waals surface area contributed by atoms with Crippen LogP contribution in [-0.2, 0) is 24.3 Å². The van der Waals surface area contributed by atoms with E-state index in [0.29, 0.717) is 56.3 Å². The fourth-order valence-corrected chi connectivity index (χ4v) is 6.37. The van der Waals surface area contributed by atoms with Crippen LogP contribution < -0.4 is 15.0 Å². The molecule has 13 heteroatoms. The second-order valence-electron chi connectivity index (χ2n) is 13.0. The first-order valence-corrected chi connectivity index (χ1v) is 16.5. The summed E-state index contributed by atoms with van der Waals surface area (Å²) in [4.78, 5) is 33.9. The number of aromatic nitrogens is 3. The minimum Gasteiger partial charge on any atom is -0.485 e. The van der Waals surface area contributed by atoms with Gasteiger partial charge in [0, 0.05) is 64.3 Å². The van der Waals surface area contributed by atoms with Gasteiger partial charge in [-0.25, -0.2) is 9.97 Å². The third-order valence-electron chi connectivity index (χ3n) is 9.41. The number of hydrogen-bond acceptors (Lipinski definition) is 12. The number of anilines is 2. The number of ketones is 1. The lowest BCUT2D eigenvalue weighted by molar-refractivity contribution is 0.0209. The van der Waals surface area contributed by atoms with Crippen molar-refractivity contribution >= 4 is 31.0 Å². The first kappa shape index (κ1) is 35.1. The highest BCUT2D eigenvalue weighted by Crippen LogP contribution is 2.30. The number of hydrogen-bond donors (Lipinski definition) is 2. The predicted molar refractivity (Wildman–Crippen MR) is 185 cm³/mol. The molecule has 47 heavy (non-hydrogen) atoms. The van der Waals surface area contributed by atoms with Crippen LogP contribution in [0.5, 0.6) is 5.75 Å². The van der Waals surface area contributed by atoms with Gasteiger partial charge >= 0.3 is 0 Å². The van der Waals surface area contributed by atoms with Crippen molar-refractivity contribution < 1.29 is 23.8 Å². The van der Waals surface area contributed by atoms with Gasteiger partial charge in [-0.2, -0.15) is 18.5 Å². The predicted octanol–water partition coefficient (Wildman–Crippen LogP) is 3.50. The van der Waals surface area contributed by atoms with Crippen molar-refractivity contribution in [3.63, 3.8) is 0 Å². The lowest BCUT2D eigenvalue weighted by atomic mass is 9.94. The maximum absolute atomic E-state index is 13.4. The number of nitrogens with zero attached hydrogens (tertiary/aromatic N) is 6. The van der Waals surface area contributed by atoms with Crippen LogP contribution in [0.3, 0.4) is 0 Å². The van der Waals surface area contributed by atoms with Crippen molar-refractivity contribution in [3.05, 3.63) is 58.4 Å². The smallest absolute Gasteiger partial charge is 0.228 e. The zero-order chi connectivity index (χ0) is 32.2. The van der Waals surface area contributed by atoms with Crippen LogP contribution in [0.4, 0.5) is 11.8 Å². The van der Waals surface area contributed by atoms with Crippen LogP contribution in [0.2, 0.25) is 0 Å². The SMILES string of the molecule is Cc1ncoc1COc1ccc2c(c1C)CCN(C[C@@H](O)CCC(=O)c1cc(NC3COC3)nc(N3CCN(C(C)C)CC3)n1)C2.S. The van der Waals surface area contributed by atoms with Crippen LogP contribution in [0.15, 0.2) is 29.0 Å². The molecule has 0 saturated carbocycles. The Balaban J connectivity index is 0.00000433. The lowest BCUT2D eigenvalue weighted by Gasteiger charge is -2.37. The second-order valence-corrected chi connectivity index (χ2v) is 13.0. The van der Waals surface area contributed by atoms with Gasteiger partial charge in [0.2, 0.25) is 5.95 Å². The van der Waals surface area contributed by atoms with Crippen LogP contribution in [0.1, 0.15) is 65.3 Å². The third kappa shape index (κ3) is 8.63. The Labute approximate surface area is 284 Å². The van der Waals surface area contributed by atoms with Gasteiger partial charge in [0.15, 0.2) is 17.9 Å². The molecule has 1 atom stereocenters. The third-order valence-corrected chi connectivity index (χ3v) is 9.41. The molecule has 3 aliphatic heterocycles. The number of carbonyl (C=O) groups excluding carboxylic acids is 1. The number of piperazine rings is 1. The summed E-state index contributed by atoms with van der Waals surface area (Å²) >= 11 is 0. The van der Waals surface area contributed by atoms with Gasteiger partial charge in [-0.1, -0.05) is 6.07 Å². The number of nitrogens with one attached hydrogen (secondary N) is 1. The highest BCUT2D eigenvalue weighted by atomic mass is 32.1. The Hall–Kier alpha value is -3.23. The summed E-state index contributed by atoms with van der Waals surface area (Å²) in [6.07, 6.45) is 2.30. The second kappa shape index (κ2) is 15.8. The van der Waals surface area contributed by atoms with Crippen LogP contribution in [0.25, 0.3) is 0 Å². The number of benzene rings is 1. The number of oxazole rings is 1. The number of aliphatic hydroxyl groups excluding tert-OH is 1. The van der Waals surface area contributed by atoms with E-state index in [9.17, 15) is 9.90 Å². The summed E-state index contributed by atoms with van der Waals surface area (Å²) in [5, 5.41) is 14.4. The fraction of sp³-hybridized carbons (Fsp3) is 0.588. The average Bonchev–Trinajstić information content (AvgIpc) is 3.45. The molecule has 2 fully saturated rings. The molecule has 0 radical (unpaired) electrons. The van der Waals surface area contributed by atoms with Gasteiger partial charge in [0.05, 0.1) is 31.1 Å². The first-order chi connectivity index (χ1) is 22.2. The summed E-state index contributed by atoms with van der Waals surface area (Å²) in [6, 6.07) is 6.56. The van der Waals surface area contributed by atoms with E-state index in [-0.39, 0.29) is 31.7 Å². The molecule has 5 heterocycles. The monoisotopic (exact) mass is 667 g/mol. The van der Waals surface area contributed by atoms with E-state index in [1.807, 2.05) is 13.0 Å². The number of rotatable bonds is 13. The molecule has 0 spiro atoms. The van der Waals surface area contributed by atoms with Crippen molar-refractivity contribution in [3.8, 4) is 5.75 Å². The number of aryl methyl sites for hydroxylation is 1. The molecule has 2 N–H and O–H groups in total. The molecule has 256 valence electrons. The normalized spacial score (nSPS) is 18.0. The molecule has 1 aromatic carbocycles. The number of carbonyl (C=O) groups is 1. The number of Topliss-reactive ketones (excluding diaryl/α,β-unsaturated/α-hetero) is 1. The average molecular weight is 668 g/mol. The zero-order valence-electron chi connectivity index (χ0n) is 28.0. The largest absolute Gasteiger partial charge is 0.485 e. The maximum atomic E-state index is 13.4. The molecular weight excluding hydrogens is 618 g/mol. The van der Waals surface area contributed by atoms with Gasteiger partial charge in [-0.3, -0.25) is 14.6 Å². The Bertz CT molecular complexity index is 1510. The Morgan fingerprint density at radius 2 is 1.91 bits per heavy atom. The summed E-state index contributed by atoms with van der Waals surface area (Å²) in [5.74, 6) is 2.74. The van der Waals surface area contributed by atoms with E-state index in [2.05, 4.69) is 51.8 Å². The molecule has 0 unspecified atom stereocenters. The minimum absolute atomic E-state index is 0. The van der Waals surface area contributed by atoms with Crippen molar-refractivity contribution in [2.24, 2.45) is 0 Å². The number of fused-ring (bicyclic) bond motifs is 1. The zero-order valence-corrected chi connectivity index (χ0v) is 29.0. The van der Waals surface area contributed by atoms with Crippen molar-refractivity contribution in [2.45, 2.75) is 78.3 Å². The lowest BCUT2D eigenvalue weighted by Crippen LogP contribution is -2.49. The van der Waals surface area contributed by atoms with E-state index in [4.69, 9.17) is 23.9 Å². The van der Waals surface area contributed by atoms with E-state index >= 15 is 0 Å². The number of β-amino-alcohol motifs (C(OH)–C–C–N with tert-alkyl or cyclic N) is 1. The van der Waals surface area contributed by atoms with Gasteiger partial charge in [0.25, 0.3) is 0 Å². The molecular formula is C34H49N7O5S. The molecule has 12 nitrogen and oxygen atoms in total. The molecule has 3 aliphatic rings. The van der Waals surface area contributed by atoms with Crippen molar-refractivity contribution in [2.75, 3.05) is 62.7 Å². The Morgan fingerprint density at radius 3 is 2.60 bits per heavy atom. The van der Waals surface area contributed by atoms with Gasteiger partial charge in [-0.15, -0.1) is 0 Å². The minimum atomic E-state index is -0.616. The quantitative estimate of drug-likeness (QED) is 0.259. The molecule has 0 aliphatic carbocycles. The highest BCUT2D eigenvalue weighted by molar-refractivity contribution is 7.59. The fourth-order valence-electron chi connectivity index (χ4n) is 6.37. The molecule has 2 saturated heterocycles. The van der Waals surface area contributed by atoms with Crippen molar-refractivity contribution in [1.29, 1.82) is 0 Å². The Morgan fingerprint density at radius 1 is 1.13 bits per heavy atom. The summed E-state index contributed by atoms with van der Waals surface area (Å²) in [5.41, 5.74) is 4.92. The summed E-state index contributed by atoms with van der Waals surface area (Å²) < 4.78 is 16.8. The first-order valence-electron chi connectivity index (χ1n) is 16.5. The van der Waals surface area contributed by atoms with E-state index in [1.165, 1.54) is 17.5 Å². The molecule has 3 aromatic rings. The topological polar surface area (TPSA) is 129 Å². The summed E-state index contributed by atoms with van der Waals surface area (Å²) in [7, 11) is 0. The number of aliphatic hydroxyl groups is 1. The maximum Gasteiger partial charge on any atom is 0.228 e.